The van der Waals surface area contributed by atoms with Crippen LogP contribution < -0.4 is 0 Å². The molecule has 5 nitrogen and oxygen atoms in total. The zero-order valence-electron chi connectivity index (χ0n) is 16.7. The number of aromatic amines is 1. The fraction of sp³-hybridized carbons (Fsp3) is 0.391. The summed E-state index contributed by atoms with van der Waals surface area (Å²) in [5.41, 5.74) is 3.58. The first-order valence-corrected chi connectivity index (χ1v) is 10.8. The van der Waals surface area contributed by atoms with Gasteiger partial charge in [-0.2, -0.15) is 0 Å². The Morgan fingerprint density at radius 2 is 1.83 bits per heavy atom. The van der Waals surface area contributed by atoms with E-state index in [1.165, 1.54) is 24.1 Å². The number of piperazine rings is 1. The molecule has 1 saturated heterocycles. The molecule has 3 heterocycles. The molecule has 1 aliphatic heterocycles. The van der Waals surface area contributed by atoms with Crippen molar-refractivity contribution in [3.63, 3.8) is 0 Å². The molecule has 152 valence electrons. The van der Waals surface area contributed by atoms with Crippen LogP contribution in [-0.2, 0) is 6.42 Å². The summed E-state index contributed by atoms with van der Waals surface area (Å²) in [6.07, 6.45) is 9.07. The molecule has 1 atom stereocenters. The molecular formula is C23H28ClN5. The first-order valence-electron chi connectivity index (χ1n) is 10.4. The van der Waals surface area contributed by atoms with E-state index in [0.717, 1.165) is 49.9 Å². The minimum absolute atomic E-state index is 0.177. The third kappa shape index (κ3) is 5.44. The first kappa shape index (κ1) is 20.1. The van der Waals surface area contributed by atoms with Gasteiger partial charge in [-0.05, 0) is 55.6 Å². The minimum Gasteiger partial charge on any atom is -0.348 e. The Labute approximate surface area is 177 Å². The summed E-state index contributed by atoms with van der Waals surface area (Å²) >= 11 is 6.12. The number of nitrogens with zero attached hydrogens (tertiary/aromatic N) is 4. The Morgan fingerprint density at radius 3 is 2.52 bits per heavy atom. The van der Waals surface area contributed by atoms with Crippen LogP contribution in [0.2, 0.25) is 5.02 Å². The van der Waals surface area contributed by atoms with Gasteiger partial charge in [0.15, 0.2) is 0 Å². The number of unbranched alkanes of at least 4 members (excludes halogenated alkanes) is 1. The maximum Gasteiger partial charge on any atom is 0.0921 e. The Kier molecular flexibility index (Phi) is 6.93. The van der Waals surface area contributed by atoms with E-state index in [0.29, 0.717) is 0 Å². The topological polar surface area (TPSA) is 48.1 Å². The van der Waals surface area contributed by atoms with Gasteiger partial charge in [0.05, 0.1) is 18.1 Å². The lowest BCUT2D eigenvalue weighted by Crippen LogP contribution is -2.48. The van der Waals surface area contributed by atoms with Crippen LogP contribution in [0.4, 0.5) is 0 Å². The lowest BCUT2D eigenvalue weighted by atomic mass is 10.0. The second kappa shape index (κ2) is 10.0. The molecule has 1 aromatic carbocycles. The summed E-state index contributed by atoms with van der Waals surface area (Å²) in [5.74, 6) is 0. The van der Waals surface area contributed by atoms with E-state index in [1.54, 1.807) is 6.33 Å². The molecule has 1 fully saturated rings. The van der Waals surface area contributed by atoms with Gasteiger partial charge in [0.25, 0.3) is 0 Å². The van der Waals surface area contributed by atoms with Crippen LogP contribution in [0.15, 0.2) is 61.2 Å². The highest BCUT2D eigenvalue weighted by molar-refractivity contribution is 6.30. The molecule has 1 unspecified atom stereocenters. The second-order valence-corrected chi connectivity index (χ2v) is 8.06. The lowest BCUT2D eigenvalue weighted by Gasteiger charge is -2.39. The third-order valence-electron chi connectivity index (χ3n) is 5.65. The van der Waals surface area contributed by atoms with E-state index in [2.05, 4.69) is 49.0 Å². The number of benzene rings is 1. The summed E-state index contributed by atoms with van der Waals surface area (Å²) in [4.78, 5) is 17.1. The number of imidazole rings is 1. The van der Waals surface area contributed by atoms with Gasteiger partial charge < -0.3 is 9.88 Å². The number of aryl methyl sites for hydroxylation is 1. The number of H-pyrrole nitrogens is 1. The van der Waals surface area contributed by atoms with Crippen molar-refractivity contribution in [1.82, 2.24) is 24.8 Å². The Balaban J connectivity index is 1.33. The number of hydrogen-bond acceptors (Lipinski definition) is 4. The van der Waals surface area contributed by atoms with Crippen molar-refractivity contribution in [3.8, 4) is 0 Å². The third-order valence-corrected chi connectivity index (χ3v) is 5.90. The van der Waals surface area contributed by atoms with E-state index < -0.39 is 0 Å². The van der Waals surface area contributed by atoms with Crippen LogP contribution in [0.1, 0.15) is 35.8 Å². The van der Waals surface area contributed by atoms with E-state index in [-0.39, 0.29) is 6.04 Å². The summed E-state index contributed by atoms with van der Waals surface area (Å²) in [7, 11) is 0. The minimum atomic E-state index is 0.177. The van der Waals surface area contributed by atoms with Crippen molar-refractivity contribution < 1.29 is 0 Å². The zero-order valence-corrected chi connectivity index (χ0v) is 17.4. The normalized spacial score (nSPS) is 16.7. The summed E-state index contributed by atoms with van der Waals surface area (Å²) in [5, 5.41) is 0.772. The Hall–Kier alpha value is -2.21. The molecule has 0 amide bonds. The SMILES string of the molecule is Clc1ccc(C(c2ccccn2)N2CCN(CCCCc3cnc[nH]3)CC2)cc1. The van der Waals surface area contributed by atoms with Crippen molar-refractivity contribution in [2.24, 2.45) is 0 Å². The predicted molar refractivity (Wildman–Crippen MR) is 117 cm³/mol. The van der Waals surface area contributed by atoms with E-state index >= 15 is 0 Å². The molecule has 4 rings (SSSR count). The largest absolute Gasteiger partial charge is 0.348 e. The molecule has 6 heteroatoms. The van der Waals surface area contributed by atoms with Crippen molar-refractivity contribution in [2.75, 3.05) is 32.7 Å². The number of pyridine rings is 1. The average Bonchev–Trinajstić information content (AvgIpc) is 3.28. The molecule has 1 aliphatic rings. The van der Waals surface area contributed by atoms with E-state index in [4.69, 9.17) is 11.6 Å². The zero-order chi connectivity index (χ0) is 19.9. The monoisotopic (exact) mass is 409 g/mol. The average molecular weight is 410 g/mol. The van der Waals surface area contributed by atoms with E-state index in [9.17, 15) is 0 Å². The van der Waals surface area contributed by atoms with Gasteiger partial charge in [-0.25, -0.2) is 4.98 Å². The maximum absolute atomic E-state index is 6.12. The molecule has 1 N–H and O–H groups in total. The fourth-order valence-corrected chi connectivity index (χ4v) is 4.19. The highest BCUT2D eigenvalue weighted by atomic mass is 35.5. The molecule has 0 bridgehead atoms. The number of rotatable bonds is 8. The smallest absolute Gasteiger partial charge is 0.0921 e. The Bertz CT molecular complexity index is 843. The van der Waals surface area contributed by atoms with Gasteiger partial charge in [-0.15, -0.1) is 0 Å². The van der Waals surface area contributed by atoms with Gasteiger partial charge in [-0.1, -0.05) is 29.8 Å². The highest BCUT2D eigenvalue weighted by Gasteiger charge is 2.27. The molecule has 3 aromatic rings. The van der Waals surface area contributed by atoms with Gasteiger partial charge in [0, 0.05) is 49.3 Å². The van der Waals surface area contributed by atoms with Crippen molar-refractivity contribution in [1.29, 1.82) is 0 Å². The van der Waals surface area contributed by atoms with E-state index in [1.807, 2.05) is 30.6 Å². The quantitative estimate of drug-likeness (QED) is 0.567. The van der Waals surface area contributed by atoms with Crippen LogP contribution in [0, 0.1) is 0 Å². The van der Waals surface area contributed by atoms with Gasteiger partial charge in [-0.3, -0.25) is 9.88 Å². The van der Waals surface area contributed by atoms with Crippen LogP contribution >= 0.6 is 11.6 Å². The van der Waals surface area contributed by atoms with Crippen LogP contribution in [-0.4, -0.2) is 57.5 Å². The summed E-state index contributed by atoms with van der Waals surface area (Å²) in [6.45, 7) is 5.45. The highest BCUT2D eigenvalue weighted by Crippen LogP contribution is 2.29. The number of halogens is 1. The van der Waals surface area contributed by atoms with Crippen molar-refractivity contribution >= 4 is 11.6 Å². The van der Waals surface area contributed by atoms with Crippen LogP contribution in [0.3, 0.4) is 0 Å². The van der Waals surface area contributed by atoms with Crippen LogP contribution in [0.25, 0.3) is 0 Å². The molecular weight excluding hydrogens is 382 g/mol. The lowest BCUT2D eigenvalue weighted by molar-refractivity contribution is 0.107. The molecule has 0 aliphatic carbocycles. The number of hydrogen-bond donors (Lipinski definition) is 1. The predicted octanol–water partition coefficient (Wildman–Crippen LogP) is 4.19. The van der Waals surface area contributed by atoms with Crippen molar-refractivity contribution in [2.45, 2.75) is 25.3 Å². The fourth-order valence-electron chi connectivity index (χ4n) is 4.07. The summed E-state index contributed by atoms with van der Waals surface area (Å²) in [6, 6.07) is 14.6. The standard InChI is InChI=1S/C23H28ClN5/c24-20-9-7-19(8-10-20)23(22-6-1-3-11-26-22)29-15-13-28(14-16-29)12-4-2-5-21-17-25-18-27-21/h1,3,6-11,17-18,23H,2,4-5,12-16H2,(H,25,27). The molecule has 2 aromatic heterocycles. The molecule has 0 saturated carbocycles. The Morgan fingerprint density at radius 1 is 1.00 bits per heavy atom. The number of nitrogens with one attached hydrogen (secondary N) is 1. The maximum atomic E-state index is 6.12. The van der Waals surface area contributed by atoms with Gasteiger partial charge in [0.2, 0.25) is 0 Å². The van der Waals surface area contributed by atoms with Crippen molar-refractivity contribution in [3.05, 3.63) is 83.2 Å². The van der Waals surface area contributed by atoms with Gasteiger partial charge >= 0.3 is 0 Å². The number of aromatic nitrogens is 3. The molecule has 0 radical (unpaired) electrons. The molecule has 29 heavy (non-hydrogen) atoms. The first-order chi connectivity index (χ1) is 14.3. The summed E-state index contributed by atoms with van der Waals surface area (Å²) < 4.78 is 0. The van der Waals surface area contributed by atoms with Crippen LogP contribution in [0.5, 0.6) is 0 Å². The second-order valence-electron chi connectivity index (χ2n) is 7.62. The van der Waals surface area contributed by atoms with Gasteiger partial charge in [0.1, 0.15) is 0 Å². The molecule has 0 spiro atoms.